The van der Waals surface area contributed by atoms with Crippen LogP contribution in [0.1, 0.15) is 62.3 Å². The second-order valence-electron chi connectivity index (χ2n) is 9.19. The highest BCUT2D eigenvalue weighted by molar-refractivity contribution is 5.86. The number of esters is 1. The summed E-state index contributed by atoms with van der Waals surface area (Å²) < 4.78 is 5.25. The zero-order valence-corrected chi connectivity index (χ0v) is 21.4. The van der Waals surface area contributed by atoms with Crippen LogP contribution in [-0.2, 0) is 35.4 Å². The van der Waals surface area contributed by atoms with Gasteiger partial charge in [-0.05, 0) is 70.7 Å². The topological polar surface area (TPSA) is 46.5 Å². The van der Waals surface area contributed by atoms with Crippen molar-refractivity contribution in [3.8, 4) is 22.3 Å². The summed E-state index contributed by atoms with van der Waals surface area (Å²) in [5.41, 5.74) is 9.77. The smallest absolute Gasteiger partial charge is 0.333 e. The standard InChI is InChI=1S/C32H38O3/c1-5-7-8-9-24-10-17-31(25(6-2)20-24)27-13-11-26(12-14-27)28-15-16-30(22-33)29(21-28)18-19-35-32(34)23(3)4/h10-17,20-21,33H,3,5-9,18-19,22H2,1-2,4H3. The first kappa shape index (κ1) is 26.4. The summed E-state index contributed by atoms with van der Waals surface area (Å²) in [7, 11) is 0. The Bertz CT molecular complexity index is 1140. The summed E-state index contributed by atoms with van der Waals surface area (Å²) in [6, 6.07) is 21.7. The minimum Gasteiger partial charge on any atom is -0.462 e. The summed E-state index contributed by atoms with van der Waals surface area (Å²) in [6.07, 6.45) is 6.49. The van der Waals surface area contributed by atoms with E-state index in [1.165, 1.54) is 41.5 Å². The van der Waals surface area contributed by atoms with E-state index in [0.29, 0.717) is 12.0 Å². The van der Waals surface area contributed by atoms with Crippen molar-refractivity contribution < 1.29 is 14.6 Å². The molecule has 3 aromatic rings. The van der Waals surface area contributed by atoms with Crippen molar-refractivity contribution in [3.63, 3.8) is 0 Å². The third-order valence-electron chi connectivity index (χ3n) is 6.48. The number of carbonyl (C=O) groups excluding carboxylic acids is 1. The van der Waals surface area contributed by atoms with Crippen LogP contribution in [-0.4, -0.2) is 17.7 Å². The van der Waals surface area contributed by atoms with Gasteiger partial charge in [0.1, 0.15) is 0 Å². The fourth-order valence-electron chi connectivity index (χ4n) is 4.37. The molecule has 3 rings (SSSR count). The Kier molecular flexibility index (Phi) is 9.86. The fraction of sp³-hybridized carbons (Fsp3) is 0.344. The molecule has 0 heterocycles. The van der Waals surface area contributed by atoms with Gasteiger partial charge in [0.15, 0.2) is 0 Å². The molecule has 0 aromatic heterocycles. The van der Waals surface area contributed by atoms with Gasteiger partial charge >= 0.3 is 5.97 Å². The third-order valence-corrected chi connectivity index (χ3v) is 6.48. The van der Waals surface area contributed by atoms with E-state index >= 15 is 0 Å². The lowest BCUT2D eigenvalue weighted by molar-refractivity contribution is -0.138. The summed E-state index contributed by atoms with van der Waals surface area (Å²) in [5, 5.41) is 9.75. The van der Waals surface area contributed by atoms with E-state index in [1.54, 1.807) is 6.92 Å². The van der Waals surface area contributed by atoms with Crippen LogP contribution in [0.3, 0.4) is 0 Å². The van der Waals surface area contributed by atoms with Crippen LogP contribution in [0.4, 0.5) is 0 Å². The molecule has 0 saturated heterocycles. The number of rotatable bonds is 12. The van der Waals surface area contributed by atoms with Crippen molar-refractivity contribution in [2.24, 2.45) is 0 Å². The minimum atomic E-state index is -0.386. The van der Waals surface area contributed by atoms with Gasteiger partial charge in [-0.3, -0.25) is 0 Å². The molecule has 0 bridgehead atoms. The van der Waals surface area contributed by atoms with Crippen molar-refractivity contribution in [3.05, 3.63) is 95.1 Å². The number of hydrogen-bond acceptors (Lipinski definition) is 3. The Labute approximate surface area is 210 Å². The molecule has 0 atom stereocenters. The van der Waals surface area contributed by atoms with Gasteiger partial charge < -0.3 is 9.84 Å². The molecule has 0 saturated carbocycles. The summed E-state index contributed by atoms with van der Waals surface area (Å²) in [6.45, 7) is 9.93. The Balaban J connectivity index is 1.78. The van der Waals surface area contributed by atoms with Crippen LogP contribution < -0.4 is 0 Å². The van der Waals surface area contributed by atoms with Crippen LogP contribution in [0.2, 0.25) is 0 Å². The van der Waals surface area contributed by atoms with E-state index in [0.717, 1.165) is 35.1 Å². The number of unbranched alkanes of at least 4 members (excludes halogenated alkanes) is 2. The molecule has 0 amide bonds. The summed E-state index contributed by atoms with van der Waals surface area (Å²) in [4.78, 5) is 11.7. The molecular weight excluding hydrogens is 432 g/mol. The number of hydrogen-bond donors (Lipinski definition) is 1. The number of benzene rings is 3. The lowest BCUT2D eigenvalue weighted by Crippen LogP contribution is -2.09. The first-order valence-corrected chi connectivity index (χ1v) is 12.7. The fourth-order valence-corrected chi connectivity index (χ4v) is 4.37. The first-order valence-electron chi connectivity index (χ1n) is 12.7. The predicted molar refractivity (Wildman–Crippen MR) is 145 cm³/mol. The highest BCUT2D eigenvalue weighted by Gasteiger charge is 2.10. The molecule has 0 unspecified atom stereocenters. The minimum absolute atomic E-state index is 0.0444. The number of carbonyl (C=O) groups is 1. The van der Waals surface area contributed by atoms with Crippen molar-refractivity contribution in [2.75, 3.05) is 6.61 Å². The highest BCUT2D eigenvalue weighted by atomic mass is 16.5. The maximum Gasteiger partial charge on any atom is 0.333 e. The van der Waals surface area contributed by atoms with Crippen LogP contribution >= 0.6 is 0 Å². The lowest BCUT2D eigenvalue weighted by atomic mass is 9.92. The Morgan fingerprint density at radius 3 is 2.20 bits per heavy atom. The average molecular weight is 471 g/mol. The molecule has 0 aliphatic heterocycles. The van der Waals surface area contributed by atoms with Gasteiger partial charge in [0, 0.05) is 12.0 Å². The normalized spacial score (nSPS) is 10.9. The zero-order chi connectivity index (χ0) is 25.2. The molecule has 0 spiro atoms. The Morgan fingerprint density at radius 1 is 0.829 bits per heavy atom. The molecule has 0 aliphatic rings. The summed E-state index contributed by atoms with van der Waals surface area (Å²) >= 11 is 0. The molecule has 184 valence electrons. The van der Waals surface area contributed by atoms with E-state index in [9.17, 15) is 9.90 Å². The van der Waals surface area contributed by atoms with Gasteiger partial charge in [-0.25, -0.2) is 4.79 Å². The van der Waals surface area contributed by atoms with Gasteiger partial charge in [-0.15, -0.1) is 0 Å². The Hall–Kier alpha value is -3.17. The van der Waals surface area contributed by atoms with Crippen molar-refractivity contribution in [1.29, 1.82) is 0 Å². The molecule has 3 nitrogen and oxygen atoms in total. The Morgan fingerprint density at radius 2 is 1.54 bits per heavy atom. The summed E-state index contributed by atoms with van der Waals surface area (Å²) in [5.74, 6) is -0.386. The van der Waals surface area contributed by atoms with Crippen molar-refractivity contribution in [2.45, 2.75) is 65.9 Å². The average Bonchev–Trinajstić information content (AvgIpc) is 2.88. The van der Waals surface area contributed by atoms with E-state index in [-0.39, 0.29) is 19.2 Å². The van der Waals surface area contributed by atoms with Crippen molar-refractivity contribution >= 4 is 5.97 Å². The molecule has 3 heteroatoms. The zero-order valence-electron chi connectivity index (χ0n) is 21.4. The number of aryl methyl sites for hydroxylation is 2. The number of aliphatic hydroxyl groups excluding tert-OH is 1. The van der Waals surface area contributed by atoms with Gasteiger partial charge in [0.2, 0.25) is 0 Å². The van der Waals surface area contributed by atoms with Gasteiger partial charge in [0.25, 0.3) is 0 Å². The van der Waals surface area contributed by atoms with Gasteiger partial charge in [-0.1, -0.05) is 93.9 Å². The third kappa shape index (κ3) is 7.16. The van der Waals surface area contributed by atoms with E-state index in [4.69, 9.17) is 4.74 Å². The maximum absolute atomic E-state index is 11.7. The predicted octanol–water partition coefficient (Wildman–Crippen LogP) is 7.47. The van der Waals surface area contributed by atoms with Crippen LogP contribution in [0, 0.1) is 0 Å². The largest absolute Gasteiger partial charge is 0.462 e. The molecular formula is C32H38O3. The molecule has 3 aromatic carbocycles. The van der Waals surface area contributed by atoms with E-state index in [1.807, 2.05) is 12.1 Å². The van der Waals surface area contributed by atoms with Crippen molar-refractivity contribution in [1.82, 2.24) is 0 Å². The van der Waals surface area contributed by atoms with E-state index in [2.05, 4.69) is 69.0 Å². The van der Waals surface area contributed by atoms with Crippen LogP contribution in [0.5, 0.6) is 0 Å². The van der Waals surface area contributed by atoms with Gasteiger partial charge in [-0.2, -0.15) is 0 Å². The SMILES string of the molecule is C=C(C)C(=O)OCCc1cc(-c2ccc(-c3ccc(CCCCC)cc3CC)cc2)ccc1CO. The molecule has 35 heavy (non-hydrogen) atoms. The quantitative estimate of drug-likeness (QED) is 0.170. The maximum atomic E-state index is 11.7. The number of ether oxygens (including phenoxy) is 1. The second kappa shape index (κ2) is 13.1. The molecule has 1 N–H and O–H groups in total. The first-order chi connectivity index (χ1) is 17.0. The van der Waals surface area contributed by atoms with Crippen LogP contribution in [0.15, 0.2) is 72.8 Å². The lowest BCUT2D eigenvalue weighted by Gasteiger charge is -2.13. The van der Waals surface area contributed by atoms with Gasteiger partial charge in [0.05, 0.1) is 13.2 Å². The second-order valence-corrected chi connectivity index (χ2v) is 9.19. The van der Waals surface area contributed by atoms with E-state index < -0.39 is 0 Å². The monoisotopic (exact) mass is 470 g/mol. The number of aliphatic hydroxyl groups is 1. The molecule has 0 aliphatic carbocycles. The highest BCUT2D eigenvalue weighted by Crippen LogP contribution is 2.30. The van der Waals surface area contributed by atoms with Crippen LogP contribution in [0.25, 0.3) is 22.3 Å². The molecule has 0 fully saturated rings. The molecule has 0 radical (unpaired) electrons.